The van der Waals surface area contributed by atoms with Gasteiger partial charge in [0.2, 0.25) is 5.91 Å². The highest BCUT2D eigenvalue weighted by Gasteiger charge is 2.20. The number of aryl methyl sites for hydroxylation is 2. The number of anilines is 2. The molecule has 1 saturated heterocycles. The minimum atomic E-state index is 0.114. The molecular formula is C21H28N3O+. The predicted molar refractivity (Wildman–Crippen MR) is 103 cm³/mol. The zero-order chi connectivity index (χ0) is 17.6. The third-order valence-corrected chi connectivity index (χ3v) is 4.80. The van der Waals surface area contributed by atoms with Gasteiger partial charge in [-0.05, 0) is 49.2 Å². The minimum Gasteiger partial charge on any atom is -0.360 e. The summed E-state index contributed by atoms with van der Waals surface area (Å²) in [6.07, 6.45) is 0.577. The third kappa shape index (κ3) is 5.07. The van der Waals surface area contributed by atoms with Crippen molar-refractivity contribution in [2.24, 2.45) is 0 Å². The lowest BCUT2D eigenvalue weighted by molar-refractivity contribution is -0.900. The van der Waals surface area contributed by atoms with Crippen LogP contribution in [0.5, 0.6) is 0 Å². The summed E-state index contributed by atoms with van der Waals surface area (Å²) < 4.78 is 0. The number of rotatable bonds is 5. The number of piperazine rings is 1. The Morgan fingerprint density at radius 3 is 2.32 bits per heavy atom. The second kappa shape index (κ2) is 8.17. The fourth-order valence-corrected chi connectivity index (χ4v) is 3.53. The van der Waals surface area contributed by atoms with E-state index in [1.165, 1.54) is 21.7 Å². The molecule has 1 heterocycles. The maximum atomic E-state index is 12.2. The van der Waals surface area contributed by atoms with E-state index in [1.54, 1.807) is 0 Å². The molecular weight excluding hydrogens is 310 g/mol. The van der Waals surface area contributed by atoms with Crippen LogP contribution in [0.4, 0.5) is 11.4 Å². The fraction of sp³-hybridized carbons (Fsp3) is 0.381. The van der Waals surface area contributed by atoms with Gasteiger partial charge in [-0.15, -0.1) is 0 Å². The first-order valence-corrected chi connectivity index (χ1v) is 9.12. The van der Waals surface area contributed by atoms with Crippen LogP contribution in [0.2, 0.25) is 0 Å². The molecule has 1 aliphatic heterocycles. The molecule has 1 amide bonds. The summed E-state index contributed by atoms with van der Waals surface area (Å²) in [4.78, 5) is 16.2. The Bertz CT molecular complexity index is 686. The summed E-state index contributed by atoms with van der Waals surface area (Å²) in [7, 11) is 0. The fourth-order valence-electron chi connectivity index (χ4n) is 3.53. The second-order valence-corrected chi connectivity index (χ2v) is 7.00. The average molecular weight is 338 g/mol. The van der Waals surface area contributed by atoms with E-state index >= 15 is 0 Å². The number of hydrogen-bond donors (Lipinski definition) is 2. The standard InChI is InChI=1S/C21H27N3O/c1-17-14-18(2)16-19(15-17)22-21(25)8-9-23-10-12-24(13-11-23)20-6-4-3-5-7-20/h3-7,14-16H,8-13H2,1-2H3,(H,22,25)/p+1. The van der Waals surface area contributed by atoms with Crippen molar-refractivity contribution in [3.05, 3.63) is 59.7 Å². The Hall–Kier alpha value is -2.33. The molecule has 0 spiro atoms. The predicted octanol–water partition coefficient (Wildman–Crippen LogP) is 2.04. The highest BCUT2D eigenvalue weighted by molar-refractivity contribution is 5.90. The normalized spacial score (nSPS) is 15.2. The van der Waals surface area contributed by atoms with Crippen LogP contribution < -0.4 is 15.1 Å². The van der Waals surface area contributed by atoms with Gasteiger partial charge in [0.15, 0.2) is 0 Å². The van der Waals surface area contributed by atoms with E-state index in [4.69, 9.17) is 0 Å². The van der Waals surface area contributed by atoms with Crippen molar-refractivity contribution >= 4 is 17.3 Å². The number of nitrogens with zero attached hydrogens (tertiary/aromatic N) is 1. The van der Waals surface area contributed by atoms with Crippen molar-refractivity contribution in [3.8, 4) is 0 Å². The number of para-hydroxylation sites is 1. The first kappa shape index (κ1) is 17.5. The number of carbonyl (C=O) groups excluding carboxylic acids is 1. The van der Waals surface area contributed by atoms with E-state index in [1.807, 2.05) is 12.1 Å². The number of benzene rings is 2. The molecule has 0 atom stereocenters. The van der Waals surface area contributed by atoms with Crippen LogP contribution in [-0.2, 0) is 4.79 Å². The van der Waals surface area contributed by atoms with Crippen molar-refractivity contribution in [1.82, 2.24) is 0 Å². The van der Waals surface area contributed by atoms with E-state index in [2.05, 4.69) is 60.5 Å². The second-order valence-electron chi connectivity index (χ2n) is 7.00. The number of amides is 1. The lowest BCUT2D eigenvalue weighted by Gasteiger charge is -2.33. The zero-order valence-corrected chi connectivity index (χ0v) is 15.2. The molecule has 0 saturated carbocycles. The van der Waals surface area contributed by atoms with Gasteiger partial charge in [0, 0.05) is 11.4 Å². The van der Waals surface area contributed by atoms with Crippen LogP contribution in [0.3, 0.4) is 0 Å². The molecule has 0 aliphatic carbocycles. The Balaban J connectivity index is 1.43. The van der Waals surface area contributed by atoms with Crippen LogP contribution in [0.25, 0.3) is 0 Å². The summed E-state index contributed by atoms with van der Waals surface area (Å²) in [6, 6.07) is 16.7. The third-order valence-electron chi connectivity index (χ3n) is 4.80. The number of carbonyl (C=O) groups is 1. The van der Waals surface area contributed by atoms with Gasteiger partial charge in [-0.2, -0.15) is 0 Å². The van der Waals surface area contributed by atoms with E-state index in [-0.39, 0.29) is 5.91 Å². The smallest absolute Gasteiger partial charge is 0.230 e. The zero-order valence-electron chi connectivity index (χ0n) is 15.2. The molecule has 1 fully saturated rings. The van der Waals surface area contributed by atoms with Crippen LogP contribution in [0.1, 0.15) is 17.5 Å². The summed E-state index contributed by atoms with van der Waals surface area (Å²) in [6.45, 7) is 9.30. The van der Waals surface area contributed by atoms with Gasteiger partial charge in [-0.1, -0.05) is 24.3 Å². The highest BCUT2D eigenvalue weighted by Crippen LogP contribution is 2.14. The largest absolute Gasteiger partial charge is 0.360 e. The molecule has 0 aromatic heterocycles. The van der Waals surface area contributed by atoms with E-state index in [0.29, 0.717) is 6.42 Å². The maximum Gasteiger partial charge on any atom is 0.230 e. The van der Waals surface area contributed by atoms with Crippen molar-refractivity contribution in [2.75, 3.05) is 42.9 Å². The Morgan fingerprint density at radius 1 is 1.04 bits per heavy atom. The van der Waals surface area contributed by atoms with E-state index in [9.17, 15) is 4.79 Å². The first-order valence-electron chi connectivity index (χ1n) is 9.12. The van der Waals surface area contributed by atoms with Crippen LogP contribution in [-0.4, -0.2) is 38.6 Å². The molecule has 132 valence electrons. The minimum absolute atomic E-state index is 0.114. The van der Waals surface area contributed by atoms with Crippen molar-refractivity contribution in [3.63, 3.8) is 0 Å². The van der Waals surface area contributed by atoms with Gasteiger partial charge in [0.1, 0.15) is 0 Å². The molecule has 3 rings (SSSR count). The van der Waals surface area contributed by atoms with Crippen LogP contribution >= 0.6 is 0 Å². The first-order chi connectivity index (χ1) is 12.1. The molecule has 25 heavy (non-hydrogen) atoms. The molecule has 0 unspecified atom stereocenters. The van der Waals surface area contributed by atoms with Crippen molar-refractivity contribution in [2.45, 2.75) is 20.3 Å². The van der Waals surface area contributed by atoms with Gasteiger partial charge in [-0.25, -0.2) is 0 Å². The van der Waals surface area contributed by atoms with E-state index < -0.39 is 0 Å². The van der Waals surface area contributed by atoms with Gasteiger partial charge >= 0.3 is 0 Å². The van der Waals surface area contributed by atoms with Crippen LogP contribution in [0.15, 0.2) is 48.5 Å². The molecule has 4 nitrogen and oxygen atoms in total. The summed E-state index contributed by atoms with van der Waals surface area (Å²) in [5, 5.41) is 3.04. The summed E-state index contributed by atoms with van der Waals surface area (Å²) in [5.41, 5.74) is 4.57. The highest BCUT2D eigenvalue weighted by atomic mass is 16.1. The van der Waals surface area contributed by atoms with Crippen molar-refractivity contribution in [1.29, 1.82) is 0 Å². The molecule has 4 heteroatoms. The maximum absolute atomic E-state index is 12.2. The van der Waals surface area contributed by atoms with Gasteiger partial charge in [-0.3, -0.25) is 4.79 Å². The van der Waals surface area contributed by atoms with Gasteiger partial charge in [0.25, 0.3) is 0 Å². The Labute approximate surface area is 150 Å². The summed E-state index contributed by atoms with van der Waals surface area (Å²) in [5.74, 6) is 0.114. The van der Waals surface area contributed by atoms with E-state index in [0.717, 1.165) is 38.4 Å². The molecule has 1 aliphatic rings. The number of hydrogen-bond acceptors (Lipinski definition) is 2. The van der Waals surface area contributed by atoms with Crippen molar-refractivity contribution < 1.29 is 9.69 Å². The molecule has 2 aromatic carbocycles. The number of quaternary nitrogens is 1. The van der Waals surface area contributed by atoms with Crippen LogP contribution in [0, 0.1) is 13.8 Å². The monoisotopic (exact) mass is 338 g/mol. The van der Waals surface area contributed by atoms with Gasteiger partial charge < -0.3 is 15.1 Å². The molecule has 2 aromatic rings. The lowest BCUT2D eigenvalue weighted by Crippen LogP contribution is -3.15. The SMILES string of the molecule is Cc1cc(C)cc(NC(=O)CC[NH+]2CCN(c3ccccc3)CC2)c1. The molecule has 0 bridgehead atoms. The lowest BCUT2D eigenvalue weighted by atomic mass is 10.1. The molecule has 0 radical (unpaired) electrons. The summed E-state index contributed by atoms with van der Waals surface area (Å²) >= 11 is 0. The Kier molecular flexibility index (Phi) is 5.71. The molecule has 2 N–H and O–H groups in total. The quantitative estimate of drug-likeness (QED) is 0.875. The average Bonchev–Trinajstić information content (AvgIpc) is 2.60. The van der Waals surface area contributed by atoms with Gasteiger partial charge in [0.05, 0.1) is 39.1 Å². The Morgan fingerprint density at radius 2 is 1.68 bits per heavy atom. The topological polar surface area (TPSA) is 36.8 Å². The number of nitrogens with one attached hydrogen (secondary N) is 2.